The number of carbonyl (C=O) groups is 1. The van der Waals surface area contributed by atoms with E-state index in [4.69, 9.17) is 10.8 Å². The molecule has 0 aliphatic carbocycles. The van der Waals surface area contributed by atoms with E-state index in [2.05, 4.69) is 19.2 Å². The number of hydrogen-bond donors (Lipinski definition) is 3. The molecule has 0 saturated carbocycles. The summed E-state index contributed by atoms with van der Waals surface area (Å²) in [5, 5.41) is 12.1. The first-order valence-corrected chi connectivity index (χ1v) is 5.82. The smallest absolute Gasteiger partial charge is 0.335 e. The summed E-state index contributed by atoms with van der Waals surface area (Å²) >= 11 is 0. The molecule has 1 aromatic rings. The van der Waals surface area contributed by atoms with Crippen molar-refractivity contribution in [1.29, 1.82) is 0 Å². The van der Waals surface area contributed by atoms with Crippen molar-refractivity contribution in [3.05, 3.63) is 29.8 Å². The zero-order chi connectivity index (χ0) is 12.8. The highest BCUT2D eigenvalue weighted by atomic mass is 16.4. The fourth-order valence-electron chi connectivity index (χ4n) is 1.60. The highest BCUT2D eigenvalue weighted by Crippen LogP contribution is 2.14. The number of benzene rings is 1. The maximum absolute atomic E-state index is 10.8. The highest BCUT2D eigenvalue weighted by Gasteiger charge is 2.11. The minimum absolute atomic E-state index is 0.295. The Labute approximate surface area is 102 Å². The van der Waals surface area contributed by atoms with Crippen molar-refractivity contribution < 1.29 is 9.90 Å². The van der Waals surface area contributed by atoms with Crippen LogP contribution in [0.4, 0.5) is 5.69 Å². The molecule has 94 valence electrons. The van der Waals surface area contributed by atoms with Crippen LogP contribution in [0.5, 0.6) is 0 Å². The molecular formula is C13H20N2O2. The molecule has 0 saturated heterocycles. The first-order valence-electron chi connectivity index (χ1n) is 5.82. The summed E-state index contributed by atoms with van der Waals surface area (Å²) in [4.78, 5) is 10.8. The number of aromatic carboxylic acids is 1. The van der Waals surface area contributed by atoms with Crippen LogP contribution in [0, 0.1) is 11.8 Å². The van der Waals surface area contributed by atoms with Crippen LogP contribution in [0.1, 0.15) is 24.2 Å². The van der Waals surface area contributed by atoms with E-state index in [1.54, 1.807) is 18.2 Å². The summed E-state index contributed by atoms with van der Waals surface area (Å²) in [6.07, 6.45) is 0. The first kappa shape index (κ1) is 13.5. The number of hydrogen-bond acceptors (Lipinski definition) is 3. The molecule has 1 unspecified atom stereocenters. The molecule has 17 heavy (non-hydrogen) atoms. The topological polar surface area (TPSA) is 75.3 Å². The molecular weight excluding hydrogens is 216 g/mol. The van der Waals surface area contributed by atoms with Gasteiger partial charge in [-0.05, 0) is 36.6 Å². The van der Waals surface area contributed by atoms with Crippen LogP contribution in [-0.2, 0) is 0 Å². The lowest BCUT2D eigenvalue weighted by molar-refractivity contribution is 0.0697. The van der Waals surface area contributed by atoms with Crippen LogP contribution in [0.25, 0.3) is 0 Å². The number of anilines is 1. The van der Waals surface area contributed by atoms with E-state index in [9.17, 15) is 4.79 Å². The second kappa shape index (κ2) is 6.25. The summed E-state index contributed by atoms with van der Waals surface area (Å²) in [7, 11) is 0. The van der Waals surface area contributed by atoms with E-state index in [0.29, 0.717) is 23.9 Å². The Hall–Kier alpha value is -1.55. The molecule has 4 heteroatoms. The Balaban J connectivity index is 2.62. The van der Waals surface area contributed by atoms with Crippen molar-refractivity contribution in [2.75, 3.05) is 18.4 Å². The summed E-state index contributed by atoms with van der Waals surface area (Å²) in [6.45, 7) is 5.65. The number of carboxylic acids is 1. The largest absolute Gasteiger partial charge is 0.478 e. The first-order chi connectivity index (χ1) is 8.04. The minimum atomic E-state index is -0.909. The fraction of sp³-hybridized carbons (Fsp3) is 0.462. The Morgan fingerprint density at radius 2 is 2.18 bits per heavy atom. The van der Waals surface area contributed by atoms with Gasteiger partial charge in [-0.3, -0.25) is 0 Å². The lowest BCUT2D eigenvalue weighted by Gasteiger charge is -2.20. The summed E-state index contributed by atoms with van der Waals surface area (Å²) < 4.78 is 0. The van der Waals surface area contributed by atoms with E-state index < -0.39 is 5.97 Å². The van der Waals surface area contributed by atoms with Crippen LogP contribution >= 0.6 is 0 Å². The van der Waals surface area contributed by atoms with Gasteiger partial charge in [-0.25, -0.2) is 4.79 Å². The van der Waals surface area contributed by atoms with Crippen LogP contribution < -0.4 is 11.1 Å². The van der Waals surface area contributed by atoms with E-state index in [1.165, 1.54) is 0 Å². The average Bonchev–Trinajstić information content (AvgIpc) is 2.29. The standard InChI is InChI=1S/C13H20N2O2/c1-9(2)11(7-14)8-15-12-5-3-4-10(6-12)13(16)17/h3-6,9,11,15H,7-8,14H2,1-2H3,(H,16,17). The van der Waals surface area contributed by atoms with Crippen molar-refractivity contribution in [2.24, 2.45) is 17.6 Å². The van der Waals surface area contributed by atoms with Crippen molar-refractivity contribution >= 4 is 11.7 Å². The third-order valence-corrected chi connectivity index (χ3v) is 2.92. The molecule has 0 amide bonds. The number of nitrogens with two attached hydrogens (primary N) is 1. The molecule has 0 spiro atoms. The van der Waals surface area contributed by atoms with Crippen molar-refractivity contribution in [3.63, 3.8) is 0 Å². The monoisotopic (exact) mass is 236 g/mol. The van der Waals surface area contributed by atoms with E-state index in [-0.39, 0.29) is 0 Å². The molecule has 0 heterocycles. The molecule has 0 aliphatic rings. The number of nitrogens with one attached hydrogen (secondary N) is 1. The molecule has 4 N–H and O–H groups in total. The Kier molecular flexibility index (Phi) is 4.97. The quantitative estimate of drug-likeness (QED) is 0.706. The summed E-state index contributed by atoms with van der Waals surface area (Å²) in [5.41, 5.74) is 6.80. The van der Waals surface area contributed by atoms with Crippen LogP contribution in [0.2, 0.25) is 0 Å². The van der Waals surface area contributed by atoms with Gasteiger partial charge in [0.25, 0.3) is 0 Å². The van der Waals surface area contributed by atoms with Gasteiger partial charge in [0, 0.05) is 12.2 Å². The summed E-state index contributed by atoms with van der Waals surface area (Å²) in [5.74, 6) is -0.00785. The summed E-state index contributed by atoms with van der Waals surface area (Å²) in [6, 6.07) is 6.81. The van der Waals surface area contributed by atoms with Gasteiger partial charge in [0.2, 0.25) is 0 Å². The molecule has 0 aliphatic heterocycles. The van der Waals surface area contributed by atoms with Gasteiger partial charge in [-0.15, -0.1) is 0 Å². The van der Waals surface area contributed by atoms with Crippen LogP contribution in [-0.4, -0.2) is 24.2 Å². The average molecular weight is 236 g/mol. The zero-order valence-electron chi connectivity index (χ0n) is 10.3. The van der Waals surface area contributed by atoms with Crippen LogP contribution in [0.15, 0.2) is 24.3 Å². The highest BCUT2D eigenvalue weighted by molar-refractivity contribution is 5.88. The molecule has 0 radical (unpaired) electrons. The Bertz CT molecular complexity index is 377. The van der Waals surface area contributed by atoms with E-state index in [1.807, 2.05) is 6.07 Å². The molecule has 0 aromatic heterocycles. The van der Waals surface area contributed by atoms with E-state index in [0.717, 1.165) is 12.2 Å². The van der Waals surface area contributed by atoms with Gasteiger partial charge in [0.1, 0.15) is 0 Å². The molecule has 1 atom stereocenters. The van der Waals surface area contributed by atoms with Gasteiger partial charge >= 0.3 is 5.97 Å². The Morgan fingerprint density at radius 3 is 2.71 bits per heavy atom. The van der Waals surface area contributed by atoms with Crippen molar-refractivity contribution in [3.8, 4) is 0 Å². The zero-order valence-corrected chi connectivity index (χ0v) is 10.3. The number of carboxylic acid groups (broad SMARTS) is 1. The SMILES string of the molecule is CC(C)C(CN)CNc1cccc(C(=O)O)c1. The van der Waals surface area contributed by atoms with Gasteiger partial charge in [0.05, 0.1) is 5.56 Å². The number of rotatable bonds is 6. The third-order valence-electron chi connectivity index (χ3n) is 2.92. The fourth-order valence-corrected chi connectivity index (χ4v) is 1.60. The lowest BCUT2D eigenvalue weighted by Crippen LogP contribution is -2.27. The third kappa shape index (κ3) is 4.07. The van der Waals surface area contributed by atoms with Crippen molar-refractivity contribution in [2.45, 2.75) is 13.8 Å². The molecule has 1 aromatic carbocycles. The minimum Gasteiger partial charge on any atom is -0.478 e. The molecule has 1 rings (SSSR count). The van der Waals surface area contributed by atoms with Gasteiger partial charge in [-0.2, -0.15) is 0 Å². The van der Waals surface area contributed by atoms with Crippen LogP contribution in [0.3, 0.4) is 0 Å². The maximum atomic E-state index is 10.8. The second-order valence-electron chi connectivity index (χ2n) is 4.51. The predicted octanol–water partition coefficient (Wildman–Crippen LogP) is 2.03. The molecule has 0 fully saturated rings. The van der Waals surface area contributed by atoms with Gasteiger partial charge in [-0.1, -0.05) is 19.9 Å². The van der Waals surface area contributed by atoms with Gasteiger partial charge in [0.15, 0.2) is 0 Å². The molecule has 4 nitrogen and oxygen atoms in total. The van der Waals surface area contributed by atoms with E-state index >= 15 is 0 Å². The normalized spacial score (nSPS) is 12.5. The Morgan fingerprint density at radius 1 is 1.47 bits per heavy atom. The lowest BCUT2D eigenvalue weighted by atomic mass is 9.96. The predicted molar refractivity (Wildman–Crippen MR) is 69.3 cm³/mol. The second-order valence-corrected chi connectivity index (χ2v) is 4.51. The van der Waals surface area contributed by atoms with Gasteiger partial charge < -0.3 is 16.2 Å². The maximum Gasteiger partial charge on any atom is 0.335 e. The molecule has 0 bridgehead atoms. The van der Waals surface area contributed by atoms with Crippen molar-refractivity contribution in [1.82, 2.24) is 0 Å².